The summed E-state index contributed by atoms with van der Waals surface area (Å²) < 4.78 is 23.2. The maximum Gasteiger partial charge on any atom is 0.155 e. The number of sulfone groups is 1. The first-order valence-corrected chi connectivity index (χ1v) is 6.75. The Hall–Kier alpha value is -0.0500. The monoisotopic (exact) mass is 220 g/mol. The van der Waals surface area contributed by atoms with Crippen LogP contribution < -0.4 is 0 Å². The Morgan fingerprint density at radius 1 is 1.00 bits per heavy atom. The van der Waals surface area contributed by atoms with E-state index in [2.05, 4.69) is 20.8 Å². The van der Waals surface area contributed by atoms with Crippen molar-refractivity contribution in [2.24, 2.45) is 11.3 Å². The number of rotatable bonds is 2. The van der Waals surface area contributed by atoms with Crippen molar-refractivity contribution in [3.8, 4) is 0 Å². The Balaban J connectivity index is 4.72. The van der Waals surface area contributed by atoms with E-state index in [-0.39, 0.29) is 17.1 Å². The highest BCUT2D eigenvalue weighted by atomic mass is 32.2. The zero-order valence-electron chi connectivity index (χ0n) is 10.5. The summed E-state index contributed by atoms with van der Waals surface area (Å²) in [6, 6.07) is 0. The first-order valence-electron chi connectivity index (χ1n) is 5.10. The smallest absolute Gasteiger partial charge is 0.155 e. The molecule has 3 heteroatoms. The molecule has 0 saturated heterocycles. The molecule has 86 valence electrons. The molecule has 0 aromatic rings. The van der Waals surface area contributed by atoms with Gasteiger partial charge in [-0.1, -0.05) is 27.7 Å². The second-order valence-corrected chi connectivity index (χ2v) is 8.95. The largest absolute Gasteiger partial charge is 0.228 e. The van der Waals surface area contributed by atoms with Crippen molar-refractivity contribution in [3.05, 3.63) is 0 Å². The lowest BCUT2D eigenvalue weighted by Gasteiger charge is -2.30. The summed E-state index contributed by atoms with van der Waals surface area (Å²) in [5, 5.41) is 0. The van der Waals surface area contributed by atoms with Crippen molar-refractivity contribution in [2.75, 3.05) is 5.75 Å². The van der Waals surface area contributed by atoms with Crippen LogP contribution in [0.25, 0.3) is 0 Å². The summed E-state index contributed by atoms with van der Waals surface area (Å²) >= 11 is 0. The molecule has 0 radical (unpaired) electrons. The molecule has 0 rings (SSSR count). The fourth-order valence-corrected chi connectivity index (χ4v) is 2.49. The van der Waals surface area contributed by atoms with Crippen LogP contribution in [0.5, 0.6) is 0 Å². The molecule has 0 saturated carbocycles. The van der Waals surface area contributed by atoms with Crippen molar-refractivity contribution < 1.29 is 8.42 Å². The van der Waals surface area contributed by atoms with Gasteiger partial charge >= 0.3 is 0 Å². The molecule has 0 spiro atoms. The first kappa shape index (κ1) is 13.9. The molecule has 0 heterocycles. The van der Waals surface area contributed by atoms with E-state index >= 15 is 0 Å². The van der Waals surface area contributed by atoms with E-state index in [1.165, 1.54) is 0 Å². The minimum atomic E-state index is -2.98. The van der Waals surface area contributed by atoms with Crippen LogP contribution in [0.3, 0.4) is 0 Å². The summed E-state index contributed by atoms with van der Waals surface area (Å²) in [5.74, 6) is 0.465. The van der Waals surface area contributed by atoms with Gasteiger partial charge in [0.1, 0.15) is 0 Å². The normalized spacial score (nSPS) is 16.8. The zero-order valence-corrected chi connectivity index (χ0v) is 11.3. The van der Waals surface area contributed by atoms with Crippen LogP contribution in [0.1, 0.15) is 48.5 Å². The SMILES string of the molecule is C[C@@H](CS(=O)(=O)C(C)(C)C)C(C)(C)C. The highest BCUT2D eigenvalue weighted by molar-refractivity contribution is 7.92. The summed E-state index contributed by atoms with van der Waals surface area (Å²) in [7, 11) is -2.98. The first-order chi connectivity index (χ1) is 5.88. The molecule has 0 aromatic carbocycles. The summed E-state index contributed by atoms with van der Waals surface area (Å²) in [4.78, 5) is 0. The molecule has 0 N–H and O–H groups in total. The Morgan fingerprint density at radius 2 is 1.36 bits per heavy atom. The predicted octanol–water partition coefficient (Wildman–Crippen LogP) is 2.88. The second-order valence-electron chi connectivity index (χ2n) is 6.16. The molecule has 0 aliphatic carbocycles. The fourth-order valence-electron chi connectivity index (χ4n) is 0.829. The Kier molecular flexibility index (Phi) is 3.82. The lowest BCUT2D eigenvalue weighted by atomic mass is 9.83. The maximum absolute atomic E-state index is 11.9. The molecule has 14 heavy (non-hydrogen) atoms. The third-order valence-corrected chi connectivity index (χ3v) is 5.69. The molecule has 0 aliphatic rings. The van der Waals surface area contributed by atoms with E-state index in [1.807, 2.05) is 6.92 Å². The molecule has 0 fully saturated rings. The Morgan fingerprint density at radius 3 is 1.57 bits per heavy atom. The van der Waals surface area contributed by atoms with E-state index in [9.17, 15) is 8.42 Å². The highest BCUT2D eigenvalue weighted by Gasteiger charge is 2.33. The third-order valence-electron chi connectivity index (χ3n) is 2.88. The van der Waals surface area contributed by atoms with Gasteiger partial charge in [-0.3, -0.25) is 0 Å². The Labute approximate surface area is 89.0 Å². The lowest BCUT2D eigenvalue weighted by Crippen LogP contribution is -2.35. The van der Waals surface area contributed by atoms with Gasteiger partial charge in [-0.05, 0) is 32.1 Å². The molecule has 0 aliphatic heterocycles. The van der Waals surface area contributed by atoms with Gasteiger partial charge < -0.3 is 0 Å². The van der Waals surface area contributed by atoms with Gasteiger partial charge in [0.2, 0.25) is 0 Å². The minimum absolute atomic E-state index is 0.0539. The van der Waals surface area contributed by atoms with Gasteiger partial charge in [0, 0.05) is 0 Å². The quantitative estimate of drug-likeness (QED) is 0.717. The molecule has 0 amide bonds. The van der Waals surface area contributed by atoms with Crippen molar-refractivity contribution >= 4 is 9.84 Å². The number of hydrogen-bond acceptors (Lipinski definition) is 2. The van der Waals surface area contributed by atoms with Crippen LogP contribution in [-0.4, -0.2) is 18.9 Å². The van der Waals surface area contributed by atoms with Gasteiger partial charge in [-0.15, -0.1) is 0 Å². The van der Waals surface area contributed by atoms with Gasteiger partial charge in [0.15, 0.2) is 9.84 Å². The standard InChI is InChI=1S/C11H24O2S/c1-9(10(2,3)4)8-14(12,13)11(5,6)7/h9H,8H2,1-7H3/t9-/m0/s1. The molecule has 0 unspecified atom stereocenters. The highest BCUT2D eigenvalue weighted by Crippen LogP contribution is 2.29. The lowest BCUT2D eigenvalue weighted by molar-refractivity contribution is 0.284. The zero-order chi connectivity index (χ0) is 11.8. The van der Waals surface area contributed by atoms with E-state index in [1.54, 1.807) is 20.8 Å². The van der Waals surface area contributed by atoms with Crippen LogP contribution in [0.15, 0.2) is 0 Å². The molecule has 0 bridgehead atoms. The van der Waals surface area contributed by atoms with Crippen molar-refractivity contribution in [2.45, 2.75) is 53.2 Å². The predicted molar refractivity (Wildman–Crippen MR) is 62.2 cm³/mol. The van der Waals surface area contributed by atoms with Crippen molar-refractivity contribution in [1.29, 1.82) is 0 Å². The molecule has 0 aromatic heterocycles. The molecule has 2 nitrogen and oxygen atoms in total. The average molecular weight is 220 g/mol. The van der Waals surface area contributed by atoms with Crippen LogP contribution in [0, 0.1) is 11.3 Å². The van der Waals surface area contributed by atoms with E-state index in [4.69, 9.17) is 0 Å². The molecular formula is C11H24O2S. The average Bonchev–Trinajstić information content (AvgIpc) is 1.80. The number of hydrogen-bond donors (Lipinski definition) is 0. The molecular weight excluding hydrogens is 196 g/mol. The third kappa shape index (κ3) is 3.60. The topological polar surface area (TPSA) is 34.1 Å². The van der Waals surface area contributed by atoms with E-state index in [0.717, 1.165) is 0 Å². The summed E-state index contributed by atoms with van der Waals surface area (Å²) in [6.07, 6.45) is 0. The van der Waals surface area contributed by atoms with Crippen LogP contribution >= 0.6 is 0 Å². The Bertz CT molecular complexity index is 275. The van der Waals surface area contributed by atoms with Gasteiger partial charge in [-0.25, -0.2) is 8.42 Å². The fraction of sp³-hybridized carbons (Fsp3) is 1.00. The second kappa shape index (κ2) is 3.84. The maximum atomic E-state index is 11.9. The summed E-state index contributed by atoms with van der Waals surface area (Å²) in [5.41, 5.74) is 0.0539. The summed E-state index contributed by atoms with van der Waals surface area (Å²) in [6.45, 7) is 13.5. The van der Waals surface area contributed by atoms with Crippen molar-refractivity contribution in [1.82, 2.24) is 0 Å². The van der Waals surface area contributed by atoms with Crippen LogP contribution in [0.2, 0.25) is 0 Å². The van der Waals surface area contributed by atoms with Crippen LogP contribution in [0.4, 0.5) is 0 Å². The van der Waals surface area contributed by atoms with E-state index in [0.29, 0.717) is 0 Å². The van der Waals surface area contributed by atoms with Crippen molar-refractivity contribution in [3.63, 3.8) is 0 Å². The molecule has 1 atom stereocenters. The van der Waals surface area contributed by atoms with E-state index < -0.39 is 14.6 Å². The van der Waals surface area contributed by atoms with Gasteiger partial charge in [0.05, 0.1) is 10.5 Å². The van der Waals surface area contributed by atoms with Gasteiger partial charge in [0.25, 0.3) is 0 Å². The van der Waals surface area contributed by atoms with Gasteiger partial charge in [-0.2, -0.15) is 0 Å². The minimum Gasteiger partial charge on any atom is -0.228 e. The van der Waals surface area contributed by atoms with Crippen LogP contribution in [-0.2, 0) is 9.84 Å².